The van der Waals surface area contributed by atoms with E-state index in [1.807, 2.05) is 0 Å². The normalized spacial score (nSPS) is 26.4. The summed E-state index contributed by atoms with van der Waals surface area (Å²) in [7, 11) is 0. The van der Waals surface area contributed by atoms with Crippen LogP contribution in [0.1, 0.15) is 37.0 Å². The van der Waals surface area contributed by atoms with E-state index in [0.717, 1.165) is 25.0 Å². The third-order valence-electron chi connectivity index (χ3n) is 4.12. The molecule has 1 fully saturated rings. The van der Waals surface area contributed by atoms with Crippen molar-refractivity contribution in [3.05, 3.63) is 29.3 Å². The molecule has 104 valence electrons. The largest absolute Gasteiger partial charge is 0.398 e. The zero-order chi connectivity index (χ0) is 14.2. The number of hydrogen-bond donors (Lipinski definition) is 2. The maximum Gasteiger partial charge on any atom is 0.253 e. The number of hydrogen-bond acceptors (Lipinski definition) is 2. The van der Waals surface area contributed by atoms with E-state index in [1.165, 1.54) is 0 Å². The van der Waals surface area contributed by atoms with Crippen molar-refractivity contribution in [2.75, 3.05) is 5.73 Å². The van der Waals surface area contributed by atoms with Gasteiger partial charge in [-0.05, 0) is 30.7 Å². The molecular weight excluding hydrogens is 250 g/mol. The fraction of sp³-hybridized carbons (Fsp3) is 0.500. The van der Waals surface area contributed by atoms with Crippen LogP contribution in [0.15, 0.2) is 12.1 Å². The maximum absolute atomic E-state index is 13.2. The number of anilines is 1. The predicted octanol–water partition coefficient (Wildman–Crippen LogP) is 2.71. The van der Waals surface area contributed by atoms with E-state index >= 15 is 0 Å². The highest BCUT2D eigenvalue weighted by atomic mass is 19.2. The predicted molar refractivity (Wildman–Crippen MR) is 69.6 cm³/mol. The van der Waals surface area contributed by atoms with Crippen LogP contribution in [-0.2, 0) is 0 Å². The molecule has 2 rings (SSSR count). The van der Waals surface area contributed by atoms with Gasteiger partial charge < -0.3 is 11.1 Å². The Balaban J connectivity index is 2.15. The van der Waals surface area contributed by atoms with Crippen molar-refractivity contribution < 1.29 is 13.6 Å². The minimum Gasteiger partial charge on any atom is -0.398 e. The molecule has 0 heterocycles. The molecule has 3 atom stereocenters. The Morgan fingerprint density at radius 3 is 2.47 bits per heavy atom. The molecule has 19 heavy (non-hydrogen) atoms. The first-order valence-corrected chi connectivity index (χ1v) is 6.45. The summed E-state index contributed by atoms with van der Waals surface area (Å²) in [6.45, 7) is 4.22. The number of amides is 1. The van der Waals surface area contributed by atoms with Gasteiger partial charge >= 0.3 is 0 Å². The molecule has 3 nitrogen and oxygen atoms in total. The van der Waals surface area contributed by atoms with Gasteiger partial charge in [0.25, 0.3) is 5.91 Å². The van der Waals surface area contributed by atoms with Crippen molar-refractivity contribution in [3.63, 3.8) is 0 Å². The lowest BCUT2D eigenvalue weighted by Crippen LogP contribution is -2.37. The van der Waals surface area contributed by atoms with Gasteiger partial charge in [-0.25, -0.2) is 8.78 Å². The summed E-state index contributed by atoms with van der Waals surface area (Å²) in [6.07, 6.45) is 1.96. The van der Waals surface area contributed by atoms with E-state index in [0.29, 0.717) is 11.8 Å². The molecular formula is C14H18F2N2O. The first-order chi connectivity index (χ1) is 8.90. The van der Waals surface area contributed by atoms with Crippen molar-refractivity contribution in [1.29, 1.82) is 0 Å². The lowest BCUT2D eigenvalue weighted by Gasteiger charge is -2.20. The molecule has 1 amide bonds. The van der Waals surface area contributed by atoms with Crippen LogP contribution in [0.5, 0.6) is 0 Å². The van der Waals surface area contributed by atoms with Crippen LogP contribution in [0.25, 0.3) is 0 Å². The van der Waals surface area contributed by atoms with Gasteiger partial charge in [0.1, 0.15) is 0 Å². The molecule has 1 saturated carbocycles. The molecule has 0 aliphatic heterocycles. The number of halogens is 2. The van der Waals surface area contributed by atoms with Crippen molar-refractivity contribution in [3.8, 4) is 0 Å². The minimum absolute atomic E-state index is 0.00865. The molecule has 0 bridgehead atoms. The monoisotopic (exact) mass is 268 g/mol. The number of carbonyl (C=O) groups excluding carboxylic acids is 1. The van der Waals surface area contributed by atoms with E-state index < -0.39 is 17.5 Å². The standard InChI is InChI=1S/C14H18F2N2O/c1-7-3-4-13(8(7)2)18-14(19)9-5-10(15)11(16)6-12(9)17/h5-8,13H,3-4,17H2,1-2H3,(H,18,19). The summed E-state index contributed by atoms with van der Waals surface area (Å²) in [4.78, 5) is 12.1. The van der Waals surface area contributed by atoms with Crippen LogP contribution in [0.2, 0.25) is 0 Å². The second kappa shape index (κ2) is 5.15. The molecule has 3 unspecified atom stereocenters. The summed E-state index contributed by atoms with van der Waals surface area (Å²) in [5, 5.41) is 2.85. The Morgan fingerprint density at radius 2 is 1.89 bits per heavy atom. The van der Waals surface area contributed by atoms with Gasteiger partial charge in [-0.2, -0.15) is 0 Å². The van der Waals surface area contributed by atoms with E-state index in [-0.39, 0.29) is 17.3 Å². The van der Waals surface area contributed by atoms with Crippen molar-refractivity contribution in [2.24, 2.45) is 11.8 Å². The molecule has 0 saturated heterocycles. The fourth-order valence-electron chi connectivity index (χ4n) is 2.57. The maximum atomic E-state index is 13.2. The van der Waals surface area contributed by atoms with E-state index in [1.54, 1.807) is 0 Å². The average Bonchev–Trinajstić information content (AvgIpc) is 2.65. The van der Waals surface area contributed by atoms with Crippen molar-refractivity contribution >= 4 is 11.6 Å². The van der Waals surface area contributed by atoms with Gasteiger partial charge in [-0.15, -0.1) is 0 Å². The molecule has 1 aliphatic rings. The Bertz CT molecular complexity index is 504. The van der Waals surface area contributed by atoms with Crippen LogP contribution < -0.4 is 11.1 Å². The van der Waals surface area contributed by atoms with Gasteiger partial charge in [0.2, 0.25) is 0 Å². The Hall–Kier alpha value is -1.65. The van der Waals surface area contributed by atoms with Crippen LogP contribution in [0.3, 0.4) is 0 Å². The van der Waals surface area contributed by atoms with Crippen LogP contribution in [0.4, 0.5) is 14.5 Å². The minimum atomic E-state index is -1.06. The molecule has 0 aromatic heterocycles. The highest BCUT2D eigenvalue weighted by molar-refractivity contribution is 5.99. The molecule has 3 N–H and O–H groups in total. The van der Waals surface area contributed by atoms with Crippen LogP contribution in [0, 0.1) is 23.5 Å². The van der Waals surface area contributed by atoms with Gasteiger partial charge in [-0.3, -0.25) is 4.79 Å². The van der Waals surface area contributed by atoms with E-state index in [4.69, 9.17) is 5.73 Å². The van der Waals surface area contributed by atoms with Crippen LogP contribution >= 0.6 is 0 Å². The summed E-state index contributed by atoms with van der Waals surface area (Å²) in [5.41, 5.74) is 5.51. The quantitative estimate of drug-likeness (QED) is 0.810. The van der Waals surface area contributed by atoms with Crippen molar-refractivity contribution in [1.82, 2.24) is 5.32 Å². The number of rotatable bonds is 2. The third-order valence-corrected chi connectivity index (χ3v) is 4.12. The smallest absolute Gasteiger partial charge is 0.253 e. The van der Waals surface area contributed by atoms with Crippen molar-refractivity contribution in [2.45, 2.75) is 32.7 Å². The van der Waals surface area contributed by atoms with Gasteiger partial charge in [0.15, 0.2) is 11.6 Å². The average molecular weight is 268 g/mol. The molecule has 1 aliphatic carbocycles. The second-order valence-corrected chi connectivity index (χ2v) is 5.35. The summed E-state index contributed by atoms with van der Waals surface area (Å²) in [6, 6.07) is 1.75. The third kappa shape index (κ3) is 2.69. The molecule has 0 spiro atoms. The number of nitrogens with two attached hydrogens (primary N) is 1. The zero-order valence-electron chi connectivity index (χ0n) is 11.0. The summed E-state index contributed by atoms with van der Waals surface area (Å²) in [5.74, 6) is -1.63. The molecule has 1 aromatic rings. The van der Waals surface area contributed by atoms with Gasteiger partial charge in [0.05, 0.1) is 5.56 Å². The summed E-state index contributed by atoms with van der Waals surface area (Å²) >= 11 is 0. The number of benzene rings is 1. The number of nitrogens with one attached hydrogen (secondary N) is 1. The molecule has 1 aromatic carbocycles. The Labute approximate surface area is 111 Å². The van der Waals surface area contributed by atoms with Gasteiger partial charge in [0, 0.05) is 17.8 Å². The topological polar surface area (TPSA) is 55.1 Å². The van der Waals surface area contributed by atoms with Gasteiger partial charge in [-0.1, -0.05) is 13.8 Å². The lowest BCUT2D eigenvalue weighted by atomic mass is 9.97. The lowest BCUT2D eigenvalue weighted by molar-refractivity contribution is 0.0927. The highest BCUT2D eigenvalue weighted by Gasteiger charge is 2.31. The highest BCUT2D eigenvalue weighted by Crippen LogP contribution is 2.31. The number of nitrogen functional groups attached to an aromatic ring is 1. The Kier molecular flexibility index (Phi) is 3.73. The fourth-order valence-corrected chi connectivity index (χ4v) is 2.57. The van der Waals surface area contributed by atoms with E-state index in [2.05, 4.69) is 19.2 Å². The van der Waals surface area contributed by atoms with E-state index in [9.17, 15) is 13.6 Å². The summed E-state index contributed by atoms with van der Waals surface area (Å²) < 4.78 is 26.1. The Morgan fingerprint density at radius 1 is 1.26 bits per heavy atom. The van der Waals surface area contributed by atoms with Crippen LogP contribution in [-0.4, -0.2) is 11.9 Å². The zero-order valence-corrected chi connectivity index (χ0v) is 11.0. The molecule has 0 radical (unpaired) electrons. The molecule has 5 heteroatoms. The second-order valence-electron chi connectivity index (χ2n) is 5.35. The number of carbonyl (C=O) groups is 1. The SMILES string of the molecule is CC1CCC(NC(=O)c2cc(F)c(F)cc2N)C1C. The first-order valence-electron chi connectivity index (χ1n) is 6.45. The first kappa shape index (κ1) is 13.8.